The van der Waals surface area contributed by atoms with Crippen molar-refractivity contribution in [1.82, 2.24) is 20.2 Å². The zero-order chi connectivity index (χ0) is 19.6. The van der Waals surface area contributed by atoms with Gasteiger partial charge in [-0.15, -0.1) is 0 Å². The molecule has 1 saturated carbocycles. The van der Waals surface area contributed by atoms with Crippen LogP contribution in [-0.2, 0) is 23.1 Å². The van der Waals surface area contributed by atoms with E-state index >= 15 is 0 Å². The lowest BCUT2D eigenvalue weighted by atomic mass is 10.00. The van der Waals surface area contributed by atoms with Crippen LogP contribution in [0.4, 0.5) is 8.78 Å². The number of amides is 2. The Hall–Kier alpha value is -2.77. The number of aromatic nitrogens is 2. The second-order valence-corrected chi connectivity index (χ2v) is 7.11. The van der Waals surface area contributed by atoms with Crippen LogP contribution < -0.4 is 10.6 Å². The number of imidazole rings is 1. The van der Waals surface area contributed by atoms with Gasteiger partial charge in [0.25, 0.3) is 0 Å². The Morgan fingerprint density at radius 1 is 1.30 bits per heavy atom. The van der Waals surface area contributed by atoms with Crippen molar-refractivity contribution in [3.63, 3.8) is 0 Å². The molecular weight excluding hydrogens is 354 g/mol. The number of hydrogen-bond donors (Lipinski definition) is 2. The molecule has 6 nitrogen and oxygen atoms in total. The van der Waals surface area contributed by atoms with E-state index in [4.69, 9.17) is 0 Å². The number of hydrogen-bond acceptors (Lipinski definition) is 3. The van der Waals surface area contributed by atoms with Crippen LogP contribution in [0.25, 0.3) is 0 Å². The zero-order valence-corrected chi connectivity index (χ0v) is 15.3. The summed E-state index contributed by atoms with van der Waals surface area (Å²) in [5.41, 5.74) is 0.773. The first kappa shape index (κ1) is 19.0. The summed E-state index contributed by atoms with van der Waals surface area (Å²) in [5, 5.41) is 5.79. The summed E-state index contributed by atoms with van der Waals surface area (Å²) < 4.78 is 28.2. The van der Waals surface area contributed by atoms with Gasteiger partial charge in [0.05, 0.1) is 24.2 Å². The van der Waals surface area contributed by atoms with E-state index in [-0.39, 0.29) is 18.2 Å². The van der Waals surface area contributed by atoms with E-state index in [0.717, 1.165) is 30.7 Å². The Morgan fingerprint density at radius 3 is 2.63 bits per heavy atom. The summed E-state index contributed by atoms with van der Waals surface area (Å²) in [4.78, 5) is 28.6. The molecule has 1 heterocycles. The number of carbonyl (C=O) groups is 2. The number of benzene rings is 1. The summed E-state index contributed by atoms with van der Waals surface area (Å²) in [6.07, 6.45) is 5.06. The standard InChI is InChI=1S/C19H22F2N4O2/c1-12(13-3-4-15(20)16(21)7-13)18(27)23-10-19(5-6-19)24-17(26)8-14-9-22-11-25(14)2/h3-4,7,9,11-12H,5-6,8,10H2,1-2H3,(H,23,27)(H,24,26). The largest absolute Gasteiger partial charge is 0.353 e. The van der Waals surface area contributed by atoms with Gasteiger partial charge in [-0.2, -0.15) is 0 Å². The minimum atomic E-state index is -0.978. The monoisotopic (exact) mass is 376 g/mol. The van der Waals surface area contributed by atoms with Crippen LogP contribution in [0.3, 0.4) is 0 Å². The molecule has 3 rings (SSSR count). The van der Waals surface area contributed by atoms with Gasteiger partial charge < -0.3 is 15.2 Å². The highest BCUT2D eigenvalue weighted by Gasteiger charge is 2.44. The van der Waals surface area contributed by atoms with Crippen molar-refractivity contribution in [2.75, 3.05) is 6.54 Å². The maximum absolute atomic E-state index is 13.4. The average molecular weight is 376 g/mol. The molecule has 8 heteroatoms. The fourth-order valence-corrected chi connectivity index (χ4v) is 2.90. The van der Waals surface area contributed by atoms with Gasteiger partial charge in [-0.05, 0) is 37.5 Å². The molecule has 1 aliphatic rings. The Morgan fingerprint density at radius 2 is 2.04 bits per heavy atom. The van der Waals surface area contributed by atoms with Gasteiger partial charge in [0.15, 0.2) is 11.6 Å². The van der Waals surface area contributed by atoms with Gasteiger partial charge >= 0.3 is 0 Å². The molecule has 1 aliphatic carbocycles. The van der Waals surface area contributed by atoms with Crippen molar-refractivity contribution < 1.29 is 18.4 Å². The minimum Gasteiger partial charge on any atom is -0.353 e. The van der Waals surface area contributed by atoms with E-state index in [1.165, 1.54) is 6.07 Å². The first-order valence-electron chi connectivity index (χ1n) is 8.78. The minimum absolute atomic E-state index is 0.126. The van der Waals surface area contributed by atoms with Crippen molar-refractivity contribution in [2.24, 2.45) is 7.05 Å². The topological polar surface area (TPSA) is 76.0 Å². The summed E-state index contributed by atoms with van der Waals surface area (Å²) >= 11 is 0. The van der Waals surface area contributed by atoms with E-state index in [0.29, 0.717) is 12.1 Å². The Kier molecular flexibility index (Phi) is 5.25. The number of nitrogens with zero attached hydrogens (tertiary/aromatic N) is 2. The third-order valence-electron chi connectivity index (χ3n) is 4.95. The molecular formula is C19H22F2N4O2. The predicted molar refractivity (Wildman–Crippen MR) is 94.8 cm³/mol. The highest BCUT2D eigenvalue weighted by molar-refractivity contribution is 5.83. The van der Waals surface area contributed by atoms with Crippen molar-refractivity contribution in [3.8, 4) is 0 Å². The molecule has 144 valence electrons. The van der Waals surface area contributed by atoms with E-state index in [1.807, 2.05) is 7.05 Å². The van der Waals surface area contributed by atoms with E-state index in [2.05, 4.69) is 15.6 Å². The van der Waals surface area contributed by atoms with Crippen LogP contribution >= 0.6 is 0 Å². The number of halogens is 2. The normalized spacial score (nSPS) is 15.9. The van der Waals surface area contributed by atoms with Gasteiger partial charge in [0.1, 0.15) is 0 Å². The second-order valence-electron chi connectivity index (χ2n) is 7.11. The van der Waals surface area contributed by atoms with Crippen LogP contribution in [0.15, 0.2) is 30.7 Å². The van der Waals surface area contributed by atoms with Crippen LogP contribution in [0, 0.1) is 11.6 Å². The van der Waals surface area contributed by atoms with E-state index < -0.39 is 23.1 Å². The van der Waals surface area contributed by atoms with Crippen LogP contribution in [0.5, 0.6) is 0 Å². The van der Waals surface area contributed by atoms with Gasteiger partial charge in [-0.25, -0.2) is 13.8 Å². The number of carbonyl (C=O) groups excluding carboxylic acids is 2. The molecule has 2 aromatic rings. The molecule has 2 amide bonds. The third kappa shape index (κ3) is 4.50. The quantitative estimate of drug-likeness (QED) is 0.774. The Balaban J connectivity index is 1.52. The van der Waals surface area contributed by atoms with E-state index in [1.54, 1.807) is 24.0 Å². The molecule has 1 atom stereocenters. The van der Waals surface area contributed by atoms with Crippen molar-refractivity contribution in [1.29, 1.82) is 0 Å². The van der Waals surface area contributed by atoms with Gasteiger partial charge in [-0.3, -0.25) is 9.59 Å². The second kappa shape index (κ2) is 7.46. The molecule has 1 fully saturated rings. The first-order valence-corrected chi connectivity index (χ1v) is 8.78. The molecule has 0 bridgehead atoms. The number of rotatable bonds is 7. The lowest BCUT2D eigenvalue weighted by Gasteiger charge is -2.20. The van der Waals surface area contributed by atoms with Gasteiger partial charge in [0, 0.05) is 25.5 Å². The fraction of sp³-hybridized carbons (Fsp3) is 0.421. The fourth-order valence-electron chi connectivity index (χ4n) is 2.90. The smallest absolute Gasteiger partial charge is 0.227 e. The van der Waals surface area contributed by atoms with E-state index in [9.17, 15) is 18.4 Å². The SMILES string of the molecule is CC(C(=O)NCC1(NC(=O)Cc2cncn2C)CC1)c1ccc(F)c(F)c1. The molecule has 1 aromatic carbocycles. The average Bonchev–Trinajstić information content (AvgIpc) is 3.28. The van der Waals surface area contributed by atoms with Crippen molar-refractivity contribution >= 4 is 11.8 Å². The summed E-state index contributed by atoms with van der Waals surface area (Å²) in [5.74, 6) is -2.97. The Labute approximate surface area is 156 Å². The zero-order valence-electron chi connectivity index (χ0n) is 15.3. The summed E-state index contributed by atoms with van der Waals surface area (Å²) in [6.45, 7) is 1.93. The molecule has 0 aliphatic heterocycles. The number of nitrogens with one attached hydrogen (secondary N) is 2. The van der Waals surface area contributed by atoms with Crippen LogP contribution in [0.1, 0.15) is 36.9 Å². The Bertz CT molecular complexity index is 861. The third-order valence-corrected chi connectivity index (χ3v) is 4.95. The molecule has 1 aromatic heterocycles. The summed E-state index contributed by atoms with van der Waals surface area (Å²) in [7, 11) is 1.82. The molecule has 27 heavy (non-hydrogen) atoms. The highest BCUT2D eigenvalue weighted by atomic mass is 19.2. The molecule has 0 saturated heterocycles. The van der Waals surface area contributed by atoms with Crippen molar-refractivity contribution in [3.05, 3.63) is 53.6 Å². The van der Waals surface area contributed by atoms with Crippen LogP contribution in [0.2, 0.25) is 0 Å². The summed E-state index contributed by atoms with van der Waals surface area (Å²) in [6, 6.07) is 3.43. The maximum atomic E-state index is 13.4. The predicted octanol–water partition coefficient (Wildman–Crippen LogP) is 1.81. The van der Waals surface area contributed by atoms with Crippen molar-refractivity contribution in [2.45, 2.75) is 37.6 Å². The first-order chi connectivity index (χ1) is 12.8. The van der Waals surface area contributed by atoms with Gasteiger partial charge in [-0.1, -0.05) is 6.07 Å². The molecule has 0 spiro atoms. The molecule has 2 N–H and O–H groups in total. The van der Waals surface area contributed by atoms with Crippen LogP contribution in [-0.4, -0.2) is 33.4 Å². The van der Waals surface area contributed by atoms with Gasteiger partial charge in [0.2, 0.25) is 11.8 Å². The maximum Gasteiger partial charge on any atom is 0.227 e. The molecule has 0 radical (unpaired) electrons. The lowest BCUT2D eigenvalue weighted by molar-refractivity contribution is -0.124. The number of aryl methyl sites for hydroxylation is 1. The highest BCUT2D eigenvalue weighted by Crippen LogP contribution is 2.35. The lowest BCUT2D eigenvalue weighted by Crippen LogP contribution is -2.47. The molecule has 1 unspecified atom stereocenters.